The van der Waals surface area contributed by atoms with E-state index in [1.165, 1.54) is 0 Å². The second-order valence-electron chi connectivity index (χ2n) is 5.30. The van der Waals surface area contributed by atoms with E-state index in [1.54, 1.807) is 12.1 Å². The van der Waals surface area contributed by atoms with Crippen molar-refractivity contribution in [1.82, 2.24) is 0 Å². The number of aryl methyl sites for hydroxylation is 1. The Morgan fingerprint density at radius 2 is 2.16 bits per heavy atom. The van der Waals surface area contributed by atoms with Gasteiger partial charge in [0.15, 0.2) is 0 Å². The molecule has 3 rings (SSSR count). The minimum Gasteiger partial charge on any atom is -0.376 e. The van der Waals surface area contributed by atoms with E-state index in [0.29, 0.717) is 36.2 Å². The van der Waals surface area contributed by atoms with Crippen LogP contribution in [-0.4, -0.2) is 16.9 Å². The number of benzene rings is 1. The molecule has 1 amide bonds. The van der Waals surface area contributed by atoms with Gasteiger partial charge < -0.3 is 10.6 Å². The lowest BCUT2D eigenvalue weighted by atomic mass is 10.0. The van der Waals surface area contributed by atoms with Crippen molar-refractivity contribution in [3.8, 4) is 0 Å². The van der Waals surface area contributed by atoms with E-state index in [2.05, 4.69) is 17.6 Å². The average molecular weight is 261 g/mol. The van der Waals surface area contributed by atoms with Crippen LogP contribution >= 0.6 is 0 Å². The molecule has 2 aliphatic rings. The first-order chi connectivity index (χ1) is 9.04. The third kappa shape index (κ3) is 2.25. The number of anilines is 2. The molecule has 100 valence electrons. The molecule has 2 N–H and O–H groups in total. The zero-order chi connectivity index (χ0) is 13.6. The number of nitro groups is 1. The van der Waals surface area contributed by atoms with Crippen LogP contribution in [-0.2, 0) is 11.2 Å². The molecular formula is C13H15N3O3. The molecule has 1 aromatic rings. The van der Waals surface area contributed by atoms with Crippen molar-refractivity contribution in [2.45, 2.75) is 32.2 Å². The Labute approximate surface area is 110 Å². The number of fused-ring (bicyclic) bond motifs is 1. The molecule has 1 heterocycles. The topological polar surface area (TPSA) is 84.3 Å². The van der Waals surface area contributed by atoms with Crippen LogP contribution in [0.25, 0.3) is 0 Å². The summed E-state index contributed by atoms with van der Waals surface area (Å²) in [5.74, 6) is 0.511. The van der Waals surface area contributed by atoms with Crippen molar-refractivity contribution in [2.24, 2.45) is 5.92 Å². The quantitative estimate of drug-likeness (QED) is 0.646. The standard InChI is InChI=1S/C13H15N3O3/c1-7-4-9(7)14-11-6-10-8(2-3-13(17)15-10)5-12(11)16(18)19/h5-7,9,14H,2-4H2,1H3,(H,15,17). The molecule has 6 nitrogen and oxygen atoms in total. The predicted molar refractivity (Wildman–Crippen MR) is 71.2 cm³/mol. The fourth-order valence-electron chi connectivity index (χ4n) is 2.41. The summed E-state index contributed by atoms with van der Waals surface area (Å²) in [6, 6.07) is 3.57. The number of rotatable bonds is 3. The Morgan fingerprint density at radius 3 is 2.79 bits per heavy atom. The summed E-state index contributed by atoms with van der Waals surface area (Å²) >= 11 is 0. The van der Waals surface area contributed by atoms with Crippen LogP contribution in [0, 0.1) is 16.0 Å². The molecule has 2 atom stereocenters. The zero-order valence-electron chi connectivity index (χ0n) is 10.6. The summed E-state index contributed by atoms with van der Waals surface area (Å²) in [6.07, 6.45) is 1.97. The van der Waals surface area contributed by atoms with E-state index in [-0.39, 0.29) is 16.5 Å². The lowest BCUT2D eigenvalue weighted by Crippen LogP contribution is -2.19. The molecule has 1 fully saturated rings. The molecule has 6 heteroatoms. The number of hydrogen-bond acceptors (Lipinski definition) is 4. The van der Waals surface area contributed by atoms with E-state index in [1.807, 2.05) is 0 Å². The summed E-state index contributed by atoms with van der Waals surface area (Å²) in [6.45, 7) is 2.10. The highest BCUT2D eigenvalue weighted by molar-refractivity contribution is 5.95. The van der Waals surface area contributed by atoms with Gasteiger partial charge in [-0.15, -0.1) is 0 Å². The highest BCUT2D eigenvalue weighted by Crippen LogP contribution is 2.39. The molecule has 0 aromatic heterocycles. The average Bonchev–Trinajstić information content (AvgIpc) is 3.03. The number of nitrogens with one attached hydrogen (secondary N) is 2. The van der Waals surface area contributed by atoms with Crippen LogP contribution in [0.4, 0.5) is 17.1 Å². The molecule has 1 saturated carbocycles. The molecule has 0 saturated heterocycles. The van der Waals surface area contributed by atoms with E-state index < -0.39 is 0 Å². The molecular weight excluding hydrogens is 246 g/mol. The molecule has 1 aliphatic carbocycles. The number of carbonyl (C=O) groups is 1. The van der Waals surface area contributed by atoms with Gasteiger partial charge in [0.1, 0.15) is 5.69 Å². The SMILES string of the molecule is CC1CC1Nc1cc2c(cc1[N+](=O)[O-])CCC(=O)N2. The minimum absolute atomic E-state index is 0.0351. The highest BCUT2D eigenvalue weighted by Gasteiger charge is 2.34. The van der Waals surface area contributed by atoms with E-state index in [9.17, 15) is 14.9 Å². The summed E-state index contributed by atoms with van der Waals surface area (Å²) in [7, 11) is 0. The van der Waals surface area contributed by atoms with E-state index >= 15 is 0 Å². The molecule has 19 heavy (non-hydrogen) atoms. The zero-order valence-corrected chi connectivity index (χ0v) is 10.6. The Kier molecular flexibility index (Phi) is 2.66. The van der Waals surface area contributed by atoms with Gasteiger partial charge >= 0.3 is 0 Å². The van der Waals surface area contributed by atoms with Crippen molar-refractivity contribution in [3.05, 3.63) is 27.8 Å². The third-order valence-electron chi connectivity index (χ3n) is 3.76. The minimum atomic E-state index is -0.369. The van der Waals surface area contributed by atoms with Gasteiger partial charge in [0.05, 0.1) is 4.92 Å². The largest absolute Gasteiger partial charge is 0.376 e. The first kappa shape index (κ1) is 12.0. The highest BCUT2D eigenvalue weighted by atomic mass is 16.6. The van der Waals surface area contributed by atoms with Crippen molar-refractivity contribution in [3.63, 3.8) is 0 Å². The first-order valence-corrected chi connectivity index (χ1v) is 6.42. The molecule has 1 aliphatic heterocycles. The van der Waals surface area contributed by atoms with E-state index in [0.717, 1.165) is 12.0 Å². The molecule has 2 unspecified atom stereocenters. The first-order valence-electron chi connectivity index (χ1n) is 6.42. The van der Waals surface area contributed by atoms with Gasteiger partial charge in [0.2, 0.25) is 5.91 Å². The van der Waals surface area contributed by atoms with Gasteiger partial charge in [0.25, 0.3) is 5.69 Å². The summed E-state index contributed by atoms with van der Waals surface area (Å²) in [5, 5.41) is 17.1. The number of nitro benzene ring substituents is 1. The third-order valence-corrected chi connectivity index (χ3v) is 3.76. The Hall–Kier alpha value is -2.11. The Balaban J connectivity index is 1.98. The van der Waals surface area contributed by atoms with Crippen LogP contribution in [0.2, 0.25) is 0 Å². The Morgan fingerprint density at radius 1 is 1.42 bits per heavy atom. The van der Waals surface area contributed by atoms with Gasteiger partial charge in [-0.25, -0.2) is 0 Å². The van der Waals surface area contributed by atoms with E-state index in [4.69, 9.17) is 0 Å². The molecule has 1 aromatic carbocycles. The van der Waals surface area contributed by atoms with Crippen LogP contribution in [0.3, 0.4) is 0 Å². The molecule has 0 spiro atoms. The maximum absolute atomic E-state index is 11.4. The number of carbonyl (C=O) groups excluding carboxylic acids is 1. The summed E-state index contributed by atoms with van der Waals surface area (Å²) in [4.78, 5) is 22.1. The summed E-state index contributed by atoms with van der Waals surface area (Å²) in [5.41, 5.74) is 2.12. The maximum atomic E-state index is 11.4. The fourth-order valence-corrected chi connectivity index (χ4v) is 2.41. The normalized spacial score (nSPS) is 24.4. The van der Waals surface area contributed by atoms with Crippen LogP contribution in [0.1, 0.15) is 25.3 Å². The molecule has 0 bridgehead atoms. The lowest BCUT2D eigenvalue weighted by Gasteiger charge is -2.18. The Bertz CT molecular complexity index is 570. The van der Waals surface area contributed by atoms with Gasteiger partial charge in [-0.2, -0.15) is 0 Å². The summed E-state index contributed by atoms with van der Waals surface area (Å²) < 4.78 is 0. The number of nitrogens with zero attached hydrogens (tertiary/aromatic N) is 1. The van der Waals surface area contributed by atoms with Crippen LogP contribution in [0.15, 0.2) is 12.1 Å². The van der Waals surface area contributed by atoms with Crippen LogP contribution < -0.4 is 10.6 Å². The molecule has 0 radical (unpaired) electrons. The lowest BCUT2D eigenvalue weighted by molar-refractivity contribution is -0.384. The van der Waals surface area contributed by atoms with Crippen LogP contribution in [0.5, 0.6) is 0 Å². The van der Waals surface area contributed by atoms with Crippen molar-refractivity contribution in [2.75, 3.05) is 10.6 Å². The van der Waals surface area contributed by atoms with Gasteiger partial charge in [0, 0.05) is 24.2 Å². The van der Waals surface area contributed by atoms with Crippen molar-refractivity contribution < 1.29 is 9.72 Å². The smallest absolute Gasteiger partial charge is 0.292 e. The van der Waals surface area contributed by atoms with Crippen molar-refractivity contribution >= 4 is 23.0 Å². The van der Waals surface area contributed by atoms with Gasteiger partial charge in [-0.05, 0) is 30.4 Å². The monoisotopic (exact) mass is 261 g/mol. The maximum Gasteiger partial charge on any atom is 0.292 e. The fraction of sp³-hybridized carbons (Fsp3) is 0.462. The second-order valence-corrected chi connectivity index (χ2v) is 5.30. The second kappa shape index (κ2) is 4.22. The van der Waals surface area contributed by atoms with Gasteiger partial charge in [-0.3, -0.25) is 14.9 Å². The van der Waals surface area contributed by atoms with Crippen molar-refractivity contribution in [1.29, 1.82) is 0 Å². The number of amides is 1. The van der Waals surface area contributed by atoms with Gasteiger partial charge in [-0.1, -0.05) is 6.92 Å². The number of hydrogen-bond donors (Lipinski definition) is 2. The predicted octanol–water partition coefficient (Wildman–Crippen LogP) is 2.30.